The van der Waals surface area contributed by atoms with Crippen molar-refractivity contribution in [3.8, 4) is 5.75 Å². The monoisotopic (exact) mass is 374 g/mol. The van der Waals surface area contributed by atoms with Gasteiger partial charge in [-0.2, -0.15) is 0 Å². The van der Waals surface area contributed by atoms with Crippen molar-refractivity contribution in [2.45, 2.75) is 25.7 Å². The quantitative estimate of drug-likeness (QED) is 0.685. The number of carbonyl (C=O) groups is 2. The molecule has 2 saturated heterocycles. The van der Waals surface area contributed by atoms with E-state index in [2.05, 4.69) is 4.90 Å². The molecule has 1 aromatic rings. The van der Waals surface area contributed by atoms with E-state index in [1.165, 1.54) is 0 Å². The molecule has 0 aromatic heterocycles. The first-order valence-electron chi connectivity index (χ1n) is 9.91. The smallest absolute Gasteiger partial charge is 0.223 e. The molecule has 0 radical (unpaired) electrons. The van der Waals surface area contributed by atoms with E-state index in [1.807, 2.05) is 4.90 Å². The van der Waals surface area contributed by atoms with E-state index in [0.717, 1.165) is 64.5 Å². The number of ketones is 1. The van der Waals surface area contributed by atoms with Gasteiger partial charge < -0.3 is 14.4 Å². The Kier molecular flexibility index (Phi) is 7.24. The third-order valence-electron chi connectivity index (χ3n) is 5.57. The van der Waals surface area contributed by atoms with Crippen LogP contribution in [0.2, 0.25) is 0 Å². The summed E-state index contributed by atoms with van der Waals surface area (Å²) in [7, 11) is 1.60. The van der Waals surface area contributed by atoms with Gasteiger partial charge in [0.1, 0.15) is 5.75 Å². The standard InChI is InChI=1S/C21H30N2O4/c1-26-19-4-2-18(3-5-19)20(24)6-7-21(25)23-10-8-17(9-11-23)16-22-12-14-27-15-13-22/h2-5,17H,6-16H2,1H3. The number of methoxy groups -OCH3 is 1. The summed E-state index contributed by atoms with van der Waals surface area (Å²) in [4.78, 5) is 29.1. The molecular formula is C21H30N2O4. The van der Waals surface area contributed by atoms with Crippen LogP contribution in [0, 0.1) is 5.92 Å². The zero-order chi connectivity index (χ0) is 19.1. The Morgan fingerprint density at radius 3 is 2.33 bits per heavy atom. The fourth-order valence-electron chi connectivity index (χ4n) is 3.81. The lowest BCUT2D eigenvalue weighted by molar-refractivity contribution is -0.132. The lowest BCUT2D eigenvalue weighted by Gasteiger charge is -2.36. The Morgan fingerprint density at radius 1 is 1.04 bits per heavy atom. The molecule has 0 spiro atoms. The summed E-state index contributed by atoms with van der Waals surface area (Å²) in [6, 6.07) is 7.05. The predicted molar refractivity (Wildman–Crippen MR) is 103 cm³/mol. The van der Waals surface area contributed by atoms with Gasteiger partial charge in [0.2, 0.25) is 5.91 Å². The van der Waals surface area contributed by atoms with Crippen molar-refractivity contribution >= 4 is 11.7 Å². The zero-order valence-electron chi connectivity index (χ0n) is 16.2. The Balaban J connectivity index is 1.38. The molecule has 0 N–H and O–H groups in total. The highest BCUT2D eigenvalue weighted by Gasteiger charge is 2.25. The van der Waals surface area contributed by atoms with Crippen LogP contribution in [0.4, 0.5) is 0 Å². The molecule has 0 aliphatic carbocycles. The summed E-state index contributed by atoms with van der Waals surface area (Å²) >= 11 is 0. The SMILES string of the molecule is COc1ccc(C(=O)CCC(=O)N2CCC(CN3CCOCC3)CC2)cc1. The minimum absolute atomic E-state index is 0.00760. The molecule has 0 saturated carbocycles. The van der Waals surface area contributed by atoms with Crippen molar-refractivity contribution in [2.75, 3.05) is 53.0 Å². The van der Waals surface area contributed by atoms with Crippen molar-refractivity contribution < 1.29 is 19.1 Å². The first-order valence-corrected chi connectivity index (χ1v) is 9.91. The van der Waals surface area contributed by atoms with Gasteiger partial charge >= 0.3 is 0 Å². The number of carbonyl (C=O) groups excluding carboxylic acids is 2. The number of likely N-dealkylation sites (tertiary alicyclic amines) is 1. The van der Waals surface area contributed by atoms with Crippen LogP contribution in [0.3, 0.4) is 0 Å². The maximum Gasteiger partial charge on any atom is 0.223 e. The Labute approximate surface area is 161 Å². The molecular weight excluding hydrogens is 344 g/mol. The molecule has 1 aromatic carbocycles. The van der Waals surface area contributed by atoms with Gasteiger partial charge in [0.25, 0.3) is 0 Å². The summed E-state index contributed by atoms with van der Waals surface area (Å²) in [5.41, 5.74) is 0.632. The van der Waals surface area contributed by atoms with Crippen LogP contribution in [0.1, 0.15) is 36.0 Å². The van der Waals surface area contributed by atoms with Gasteiger partial charge in [0.05, 0.1) is 20.3 Å². The average Bonchev–Trinajstić information content (AvgIpc) is 2.73. The highest BCUT2D eigenvalue weighted by Crippen LogP contribution is 2.20. The van der Waals surface area contributed by atoms with E-state index < -0.39 is 0 Å². The number of hydrogen-bond acceptors (Lipinski definition) is 5. The van der Waals surface area contributed by atoms with E-state index in [4.69, 9.17) is 9.47 Å². The number of benzene rings is 1. The fraction of sp³-hybridized carbons (Fsp3) is 0.619. The number of piperidine rings is 1. The number of amides is 1. The van der Waals surface area contributed by atoms with Crippen LogP contribution >= 0.6 is 0 Å². The summed E-state index contributed by atoms with van der Waals surface area (Å²) in [5, 5.41) is 0. The van der Waals surface area contributed by atoms with Crippen molar-refractivity contribution in [2.24, 2.45) is 5.92 Å². The number of nitrogens with zero attached hydrogens (tertiary/aromatic N) is 2. The minimum atomic E-state index is 0.00760. The topological polar surface area (TPSA) is 59.1 Å². The Morgan fingerprint density at radius 2 is 1.70 bits per heavy atom. The van der Waals surface area contributed by atoms with Crippen LogP contribution in [0.5, 0.6) is 5.75 Å². The first-order chi connectivity index (χ1) is 13.2. The fourth-order valence-corrected chi connectivity index (χ4v) is 3.81. The highest BCUT2D eigenvalue weighted by atomic mass is 16.5. The number of ether oxygens (including phenoxy) is 2. The number of rotatable bonds is 7. The highest BCUT2D eigenvalue weighted by molar-refractivity contribution is 5.98. The van der Waals surface area contributed by atoms with Crippen LogP contribution in [0.25, 0.3) is 0 Å². The second-order valence-corrected chi connectivity index (χ2v) is 7.39. The third-order valence-corrected chi connectivity index (χ3v) is 5.57. The lowest BCUT2D eigenvalue weighted by atomic mass is 9.95. The predicted octanol–water partition coefficient (Wildman–Crippen LogP) is 2.23. The molecule has 6 nitrogen and oxygen atoms in total. The van der Waals surface area contributed by atoms with E-state index >= 15 is 0 Å². The molecule has 0 unspecified atom stereocenters. The molecule has 0 bridgehead atoms. The average molecular weight is 374 g/mol. The molecule has 6 heteroatoms. The third kappa shape index (κ3) is 5.78. The Hall–Kier alpha value is -1.92. The van der Waals surface area contributed by atoms with E-state index in [0.29, 0.717) is 17.9 Å². The normalized spacial score (nSPS) is 19.1. The van der Waals surface area contributed by atoms with E-state index in [1.54, 1.807) is 31.4 Å². The van der Waals surface area contributed by atoms with Crippen molar-refractivity contribution in [3.05, 3.63) is 29.8 Å². The Bertz CT molecular complexity index is 618. The molecule has 27 heavy (non-hydrogen) atoms. The number of Topliss-reactive ketones (excluding diaryl/α,β-unsaturated/α-hetero) is 1. The van der Waals surface area contributed by atoms with Gasteiger partial charge in [-0.05, 0) is 43.0 Å². The van der Waals surface area contributed by atoms with Crippen molar-refractivity contribution in [1.29, 1.82) is 0 Å². The summed E-state index contributed by atoms with van der Waals surface area (Å²) in [5.74, 6) is 1.49. The van der Waals surface area contributed by atoms with Gasteiger partial charge in [-0.1, -0.05) is 0 Å². The first kappa shape index (κ1) is 19.8. The van der Waals surface area contributed by atoms with Gasteiger partial charge in [-0.25, -0.2) is 0 Å². The molecule has 2 aliphatic heterocycles. The summed E-state index contributed by atoms with van der Waals surface area (Å²) in [6.45, 7) is 6.44. The van der Waals surface area contributed by atoms with Gasteiger partial charge in [0, 0.05) is 51.1 Å². The van der Waals surface area contributed by atoms with Crippen LogP contribution in [-0.2, 0) is 9.53 Å². The molecule has 2 fully saturated rings. The largest absolute Gasteiger partial charge is 0.497 e. The second kappa shape index (κ2) is 9.85. The molecule has 148 valence electrons. The van der Waals surface area contributed by atoms with Gasteiger partial charge in [-0.3, -0.25) is 14.5 Å². The number of hydrogen-bond donors (Lipinski definition) is 0. The van der Waals surface area contributed by atoms with E-state index in [-0.39, 0.29) is 18.1 Å². The van der Waals surface area contributed by atoms with Crippen molar-refractivity contribution in [1.82, 2.24) is 9.80 Å². The van der Waals surface area contributed by atoms with Crippen LogP contribution in [-0.4, -0.2) is 74.5 Å². The zero-order valence-corrected chi connectivity index (χ0v) is 16.2. The number of morpholine rings is 1. The maximum absolute atomic E-state index is 12.5. The lowest BCUT2D eigenvalue weighted by Crippen LogP contribution is -2.44. The minimum Gasteiger partial charge on any atom is -0.497 e. The van der Waals surface area contributed by atoms with Gasteiger partial charge in [0.15, 0.2) is 5.78 Å². The van der Waals surface area contributed by atoms with Crippen LogP contribution < -0.4 is 4.74 Å². The summed E-state index contributed by atoms with van der Waals surface area (Å²) < 4.78 is 10.5. The van der Waals surface area contributed by atoms with Gasteiger partial charge in [-0.15, -0.1) is 0 Å². The molecule has 2 heterocycles. The molecule has 0 atom stereocenters. The van der Waals surface area contributed by atoms with Crippen LogP contribution in [0.15, 0.2) is 24.3 Å². The molecule has 2 aliphatic rings. The van der Waals surface area contributed by atoms with Crippen molar-refractivity contribution in [3.63, 3.8) is 0 Å². The molecule has 1 amide bonds. The second-order valence-electron chi connectivity index (χ2n) is 7.39. The molecule has 3 rings (SSSR count). The summed E-state index contributed by atoms with van der Waals surface area (Å²) in [6.07, 6.45) is 2.66. The maximum atomic E-state index is 12.5. The van der Waals surface area contributed by atoms with E-state index in [9.17, 15) is 9.59 Å².